The number of aromatic nitrogens is 3. The maximum atomic E-state index is 11.9. The van der Waals surface area contributed by atoms with Crippen LogP contribution in [0.4, 0.5) is 5.82 Å². The van der Waals surface area contributed by atoms with Crippen molar-refractivity contribution in [1.82, 2.24) is 19.9 Å². The van der Waals surface area contributed by atoms with Crippen LogP contribution in [0.5, 0.6) is 0 Å². The molecule has 2 amide bonds. The van der Waals surface area contributed by atoms with Gasteiger partial charge in [0.25, 0.3) is 0 Å². The number of hydrogen-bond acceptors (Lipinski definition) is 6. The van der Waals surface area contributed by atoms with Crippen molar-refractivity contribution in [2.75, 3.05) is 5.32 Å². The van der Waals surface area contributed by atoms with E-state index < -0.39 is 0 Å². The number of anilines is 1. The standard InChI is InChI=1S/C20H23N5O2/c1-13-11-17(24-20(22-13)14-3-2-10-21-12-14)23-15-4-6-16(7-5-15)25-18(26)8-9-19(25)27/h2-3,10-12,15-16H,4-9H2,1H3,(H,22,23,24). The van der Waals surface area contributed by atoms with Crippen molar-refractivity contribution < 1.29 is 9.59 Å². The normalized spacial score (nSPS) is 22.9. The lowest BCUT2D eigenvalue weighted by molar-refractivity contribution is -0.141. The van der Waals surface area contributed by atoms with Crippen LogP contribution in [-0.4, -0.2) is 43.7 Å². The Labute approximate surface area is 158 Å². The number of likely N-dealkylation sites (tertiary alicyclic amines) is 1. The molecule has 4 rings (SSSR count). The summed E-state index contributed by atoms with van der Waals surface area (Å²) in [5.74, 6) is 1.44. The Morgan fingerprint density at radius 1 is 1.07 bits per heavy atom. The molecule has 7 heteroatoms. The molecule has 1 aliphatic heterocycles. The molecule has 1 saturated heterocycles. The number of nitrogens with one attached hydrogen (secondary N) is 1. The summed E-state index contributed by atoms with van der Waals surface area (Å²) in [6, 6.07) is 6.10. The lowest BCUT2D eigenvalue weighted by atomic mass is 9.90. The summed E-state index contributed by atoms with van der Waals surface area (Å²) in [5.41, 5.74) is 1.78. The van der Waals surface area contributed by atoms with Crippen molar-refractivity contribution in [1.29, 1.82) is 0 Å². The second-order valence-electron chi connectivity index (χ2n) is 7.27. The lowest BCUT2D eigenvalue weighted by Gasteiger charge is -2.34. The van der Waals surface area contributed by atoms with E-state index in [0.29, 0.717) is 18.7 Å². The van der Waals surface area contributed by atoms with Gasteiger partial charge in [-0.15, -0.1) is 0 Å². The summed E-state index contributed by atoms with van der Waals surface area (Å²) >= 11 is 0. The van der Waals surface area contributed by atoms with E-state index in [2.05, 4.69) is 20.3 Å². The number of imide groups is 1. The third-order valence-corrected chi connectivity index (χ3v) is 5.28. The van der Waals surface area contributed by atoms with E-state index in [1.165, 1.54) is 4.90 Å². The Kier molecular flexibility index (Phi) is 4.83. The molecule has 0 bridgehead atoms. The van der Waals surface area contributed by atoms with Crippen LogP contribution in [0.3, 0.4) is 0 Å². The molecule has 2 aromatic heterocycles. The molecule has 0 radical (unpaired) electrons. The minimum Gasteiger partial charge on any atom is -0.367 e. The number of carbonyl (C=O) groups excluding carboxylic acids is 2. The van der Waals surface area contributed by atoms with Crippen molar-refractivity contribution >= 4 is 17.6 Å². The molecule has 2 fully saturated rings. The van der Waals surface area contributed by atoms with E-state index in [9.17, 15) is 9.59 Å². The van der Waals surface area contributed by atoms with Gasteiger partial charge in [-0.25, -0.2) is 9.97 Å². The smallest absolute Gasteiger partial charge is 0.229 e. The van der Waals surface area contributed by atoms with Gasteiger partial charge in [-0.05, 0) is 44.7 Å². The molecule has 2 aliphatic rings. The highest BCUT2D eigenvalue weighted by atomic mass is 16.2. The number of carbonyl (C=O) groups is 2. The SMILES string of the molecule is Cc1cc(NC2CCC(N3C(=O)CCC3=O)CC2)nc(-c2cccnc2)n1. The second-order valence-corrected chi connectivity index (χ2v) is 7.27. The first-order valence-electron chi connectivity index (χ1n) is 9.47. The summed E-state index contributed by atoms with van der Waals surface area (Å²) in [5, 5.41) is 3.51. The molecule has 2 aromatic rings. The minimum absolute atomic E-state index is 0.0102. The van der Waals surface area contributed by atoms with E-state index in [1.54, 1.807) is 12.4 Å². The largest absolute Gasteiger partial charge is 0.367 e. The highest BCUT2D eigenvalue weighted by Gasteiger charge is 2.36. The quantitative estimate of drug-likeness (QED) is 0.838. The van der Waals surface area contributed by atoms with E-state index in [-0.39, 0.29) is 23.9 Å². The van der Waals surface area contributed by atoms with E-state index in [1.807, 2.05) is 25.1 Å². The molecule has 0 unspecified atom stereocenters. The average Bonchev–Trinajstić information content (AvgIpc) is 3.01. The molecule has 7 nitrogen and oxygen atoms in total. The number of nitrogens with zero attached hydrogens (tertiary/aromatic N) is 4. The van der Waals surface area contributed by atoms with Crippen molar-refractivity contribution in [2.24, 2.45) is 0 Å². The maximum Gasteiger partial charge on any atom is 0.229 e. The van der Waals surface area contributed by atoms with Gasteiger partial charge in [0.1, 0.15) is 5.82 Å². The van der Waals surface area contributed by atoms with Gasteiger partial charge in [0.15, 0.2) is 5.82 Å². The molecule has 1 aliphatic carbocycles. The first kappa shape index (κ1) is 17.6. The number of rotatable bonds is 4. The predicted molar refractivity (Wildman–Crippen MR) is 101 cm³/mol. The third-order valence-electron chi connectivity index (χ3n) is 5.28. The Morgan fingerprint density at radius 3 is 2.48 bits per heavy atom. The van der Waals surface area contributed by atoms with E-state index >= 15 is 0 Å². The fraction of sp³-hybridized carbons (Fsp3) is 0.450. The monoisotopic (exact) mass is 365 g/mol. The molecule has 3 heterocycles. The first-order chi connectivity index (χ1) is 13.1. The van der Waals surface area contributed by atoms with Gasteiger partial charge < -0.3 is 5.32 Å². The van der Waals surface area contributed by atoms with Gasteiger partial charge in [0.2, 0.25) is 11.8 Å². The second kappa shape index (κ2) is 7.42. The van der Waals surface area contributed by atoms with E-state index in [0.717, 1.165) is 42.8 Å². The minimum atomic E-state index is -0.0102. The summed E-state index contributed by atoms with van der Waals surface area (Å²) in [4.78, 5) is 38.7. The van der Waals surface area contributed by atoms with Crippen molar-refractivity contribution in [3.63, 3.8) is 0 Å². The van der Waals surface area contributed by atoms with Gasteiger partial charge in [0.05, 0.1) is 0 Å². The predicted octanol–water partition coefficient (Wildman–Crippen LogP) is 2.72. The zero-order chi connectivity index (χ0) is 18.8. The fourth-order valence-electron chi connectivity index (χ4n) is 3.96. The topological polar surface area (TPSA) is 88.1 Å². The summed E-state index contributed by atoms with van der Waals surface area (Å²) in [6.07, 6.45) is 7.73. The highest BCUT2D eigenvalue weighted by Crippen LogP contribution is 2.29. The molecule has 0 atom stereocenters. The number of pyridine rings is 1. The van der Waals surface area contributed by atoms with Crippen LogP contribution in [0, 0.1) is 6.92 Å². The van der Waals surface area contributed by atoms with Crippen molar-refractivity contribution in [2.45, 2.75) is 57.5 Å². The Morgan fingerprint density at radius 2 is 1.81 bits per heavy atom. The van der Waals surface area contributed by atoms with Gasteiger partial charge in [-0.3, -0.25) is 19.5 Å². The highest BCUT2D eigenvalue weighted by molar-refractivity contribution is 6.02. The van der Waals surface area contributed by atoms with Crippen LogP contribution in [0.1, 0.15) is 44.2 Å². The number of amides is 2. The molecule has 27 heavy (non-hydrogen) atoms. The summed E-state index contributed by atoms with van der Waals surface area (Å²) in [7, 11) is 0. The zero-order valence-corrected chi connectivity index (χ0v) is 15.4. The maximum absolute atomic E-state index is 11.9. The summed E-state index contributed by atoms with van der Waals surface area (Å²) in [6.45, 7) is 1.95. The zero-order valence-electron chi connectivity index (χ0n) is 15.4. The fourth-order valence-corrected chi connectivity index (χ4v) is 3.96. The van der Waals surface area contributed by atoms with Gasteiger partial charge in [-0.1, -0.05) is 0 Å². The summed E-state index contributed by atoms with van der Waals surface area (Å²) < 4.78 is 0. The van der Waals surface area contributed by atoms with Gasteiger partial charge in [0, 0.05) is 54.6 Å². The van der Waals surface area contributed by atoms with Crippen LogP contribution >= 0.6 is 0 Å². The number of hydrogen-bond donors (Lipinski definition) is 1. The average molecular weight is 365 g/mol. The van der Waals surface area contributed by atoms with Crippen LogP contribution in [0.25, 0.3) is 11.4 Å². The van der Waals surface area contributed by atoms with Crippen LogP contribution < -0.4 is 5.32 Å². The van der Waals surface area contributed by atoms with Gasteiger partial charge >= 0.3 is 0 Å². The van der Waals surface area contributed by atoms with Crippen LogP contribution in [-0.2, 0) is 9.59 Å². The molecule has 0 aromatic carbocycles. The third kappa shape index (κ3) is 3.82. The van der Waals surface area contributed by atoms with Crippen LogP contribution in [0.2, 0.25) is 0 Å². The van der Waals surface area contributed by atoms with Crippen molar-refractivity contribution in [3.8, 4) is 11.4 Å². The molecular formula is C20H23N5O2. The van der Waals surface area contributed by atoms with Gasteiger partial charge in [-0.2, -0.15) is 0 Å². The Hall–Kier alpha value is -2.83. The van der Waals surface area contributed by atoms with Crippen molar-refractivity contribution in [3.05, 3.63) is 36.3 Å². The molecule has 0 spiro atoms. The molecule has 1 saturated carbocycles. The Bertz CT molecular complexity index is 831. The molecule has 140 valence electrons. The van der Waals surface area contributed by atoms with Crippen LogP contribution in [0.15, 0.2) is 30.6 Å². The Balaban J connectivity index is 1.41. The lowest BCUT2D eigenvalue weighted by Crippen LogP contribution is -2.43. The van der Waals surface area contributed by atoms with E-state index in [4.69, 9.17) is 0 Å². The molecular weight excluding hydrogens is 342 g/mol. The first-order valence-corrected chi connectivity index (χ1v) is 9.47. The number of aryl methyl sites for hydroxylation is 1. The molecule has 1 N–H and O–H groups in total.